The van der Waals surface area contributed by atoms with Crippen molar-refractivity contribution >= 4 is 18.0 Å². The Kier molecular flexibility index (Phi) is 6.92. The largest absolute Gasteiger partial charge is 0.480 e. The average Bonchev–Trinajstić information content (AvgIpc) is 3.18. The first kappa shape index (κ1) is 23.0. The van der Waals surface area contributed by atoms with Gasteiger partial charge in [-0.15, -0.1) is 0 Å². The van der Waals surface area contributed by atoms with Crippen LogP contribution in [0.4, 0.5) is 4.79 Å². The number of carboxylic acids is 1. The van der Waals surface area contributed by atoms with E-state index in [0.717, 1.165) is 22.3 Å². The van der Waals surface area contributed by atoms with Crippen LogP contribution in [0, 0.1) is 0 Å². The van der Waals surface area contributed by atoms with Crippen molar-refractivity contribution in [2.24, 2.45) is 0 Å². The molecule has 0 radical (unpaired) electrons. The van der Waals surface area contributed by atoms with Gasteiger partial charge in [0.15, 0.2) is 0 Å². The van der Waals surface area contributed by atoms with Gasteiger partial charge in [-0.25, -0.2) is 9.59 Å². The van der Waals surface area contributed by atoms with E-state index < -0.39 is 30.1 Å². The highest BCUT2D eigenvalue weighted by atomic mass is 16.5. The quantitative estimate of drug-likeness (QED) is 0.468. The lowest BCUT2D eigenvalue weighted by Crippen LogP contribution is -2.47. The molecule has 0 aromatic heterocycles. The van der Waals surface area contributed by atoms with E-state index in [0.29, 0.717) is 5.56 Å². The van der Waals surface area contributed by atoms with Gasteiger partial charge < -0.3 is 20.5 Å². The highest BCUT2D eigenvalue weighted by molar-refractivity contribution is 5.90. The van der Waals surface area contributed by atoms with Crippen LogP contribution < -0.4 is 10.6 Å². The molecule has 7 heteroatoms. The summed E-state index contributed by atoms with van der Waals surface area (Å²) in [4.78, 5) is 37.0. The molecule has 0 heterocycles. The fourth-order valence-electron chi connectivity index (χ4n) is 4.30. The lowest BCUT2D eigenvalue weighted by Gasteiger charge is -2.22. The van der Waals surface area contributed by atoms with Crippen molar-refractivity contribution in [1.82, 2.24) is 10.6 Å². The molecule has 0 bridgehead atoms. The maximum atomic E-state index is 12.9. The number of amides is 2. The number of carboxylic acid groups (broad SMARTS) is 1. The summed E-state index contributed by atoms with van der Waals surface area (Å²) >= 11 is 0. The fraction of sp³-hybridized carbons (Fsp3) is 0.222. The summed E-state index contributed by atoms with van der Waals surface area (Å²) in [6.45, 7) is 1.77. The number of aliphatic carboxylic acids is 1. The predicted octanol–water partition coefficient (Wildman–Crippen LogP) is 4.25. The second-order valence-corrected chi connectivity index (χ2v) is 8.12. The molecule has 4 rings (SSSR count). The molecule has 1 aliphatic rings. The van der Waals surface area contributed by atoms with Gasteiger partial charge in [0, 0.05) is 5.92 Å². The van der Waals surface area contributed by atoms with Gasteiger partial charge in [0.05, 0.1) is 0 Å². The Hall–Kier alpha value is -4.13. The van der Waals surface area contributed by atoms with Crippen molar-refractivity contribution in [3.8, 4) is 11.1 Å². The first-order valence-electron chi connectivity index (χ1n) is 11.2. The van der Waals surface area contributed by atoms with Crippen molar-refractivity contribution in [3.05, 3.63) is 95.6 Å². The number of carbonyl (C=O) groups is 3. The first-order chi connectivity index (χ1) is 16.5. The summed E-state index contributed by atoms with van der Waals surface area (Å²) in [7, 11) is 0. The molecule has 0 unspecified atom stereocenters. The van der Waals surface area contributed by atoms with Crippen LogP contribution in [0.25, 0.3) is 11.1 Å². The molecule has 3 aromatic rings. The number of alkyl carbamates (subject to hydrolysis) is 1. The van der Waals surface area contributed by atoms with Crippen LogP contribution in [-0.4, -0.2) is 35.7 Å². The molecule has 0 saturated heterocycles. The van der Waals surface area contributed by atoms with Crippen LogP contribution in [0.2, 0.25) is 0 Å². The Morgan fingerprint density at radius 1 is 0.853 bits per heavy atom. The normalized spacial score (nSPS) is 13.8. The lowest BCUT2D eigenvalue weighted by atomic mass is 9.98. The monoisotopic (exact) mass is 458 g/mol. The van der Waals surface area contributed by atoms with Crippen LogP contribution in [0.1, 0.15) is 42.0 Å². The van der Waals surface area contributed by atoms with Gasteiger partial charge in [0.2, 0.25) is 5.91 Å². The Labute approximate surface area is 197 Å². The van der Waals surface area contributed by atoms with E-state index in [9.17, 15) is 19.5 Å². The van der Waals surface area contributed by atoms with Gasteiger partial charge in [-0.1, -0.05) is 85.8 Å². The van der Waals surface area contributed by atoms with E-state index in [2.05, 4.69) is 22.8 Å². The Morgan fingerprint density at radius 2 is 1.41 bits per heavy atom. The molecule has 34 heavy (non-hydrogen) atoms. The predicted molar refractivity (Wildman–Crippen MR) is 127 cm³/mol. The number of rotatable bonds is 8. The summed E-state index contributed by atoms with van der Waals surface area (Å²) in [5, 5.41) is 14.4. The molecule has 7 nitrogen and oxygen atoms in total. The minimum absolute atomic E-state index is 0.107. The van der Waals surface area contributed by atoms with Gasteiger partial charge in [-0.3, -0.25) is 4.79 Å². The van der Waals surface area contributed by atoms with E-state index in [1.165, 1.54) is 0 Å². The van der Waals surface area contributed by atoms with Gasteiger partial charge in [0.1, 0.15) is 18.7 Å². The smallest absolute Gasteiger partial charge is 0.408 e. The zero-order valence-electron chi connectivity index (χ0n) is 18.7. The zero-order valence-corrected chi connectivity index (χ0v) is 18.7. The molecule has 0 fully saturated rings. The molecule has 2 amide bonds. The summed E-state index contributed by atoms with van der Waals surface area (Å²) in [5.41, 5.74) is 4.93. The molecule has 0 spiro atoms. The van der Waals surface area contributed by atoms with Crippen molar-refractivity contribution < 1.29 is 24.2 Å². The van der Waals surface area contributed by atoms with Crippen molar-refractivity contribution in [1.29, 1.82) is 0 Å². The molecule has 0 saturated carbocycles. The first-order valence-corrected chi connectivity index (χ1v) is 11.2. The average molecular weight is 459 g/mol. The minimum Gasteiger partial charge on any atom is -0.480 e. The summed E-state index contributed by atoms with van der Waals surface area (Å²) in [6.07, 6.45) is -0.540. The minimum atomic E-state index is -1.14. The van der Waals surface area contributed by atoms with E-state index in [1.807, 2.05) is 36.4 Å². The van der Waals surface area contributed by atoms with Crippen LogP contribution >= 0.6 is 0 Å². The summed E-state index contributed by atoms with van der Waals surface area (Å²) < 4.78 is 5.57. The number of carbonyl (C=O) groups excluding carboxylic acids is 2. The van der Waals surface area contributed by atoms with E-state index >= 15 is 0 Å². The zero-order chi connectivity index (χ0) is 24.1. The number of nitrogens with one attached hydrogen (secondary N) is 2. The topological polar surface area (TPSA) is 105 Å². The molecule has 3 N–H and O–H groups in total. The molecule has 0 aliphatic heterocycles. The van der Waals surface area contributed by atoms with Crippen molar-refractivity contribution in [2.75, 3.05) is 6.61 Å². The molecular weight excluding hydrogens is 432 g/mol. The number of fused-ring (bicyclic) bond motifs is 3. The third kappa shape index (κ3) is 4.78. The van der Waals surface area contributed by atoms with Crippen LogP contribution in [0.15, 0.2) is 78.9 Å². The fourth-order valence-corrected chi connectivity index (χ4v) is 4.30. The number of ether oxygens (including phenoxy) is 1. The lowest BCUT2D eigenvalue weighted by molar-refractivity contribution is -0.142. The summed E-state index contributed by atoms with van der Waals surface area (Å²) in [5.74, 6) is -1.86. The van der Waals surface area contributed by atoms with Gasteiger partial charge in [-0.05, 0) is 34.2 Å². The van der Waals surface area contributed by atoms with Crippen LogP contribution in [0.5, 0.6) is 0 Å². The SMILES string of the molecule is CC[C@H](NC(=O)[C@H](NC(=O)OCC1c2ccccc2-c2ccccc21)c1ccccc1)C(=O)O. The highest BCUT2D eigenvalue weighted by Gasteiger charge is 2.31. The number of hydrogen-bond acceptors (Lipinski definition) is 4. The molecule has 174 valence electrons. The third-order valence-corrected chi connectivity index (χ3v) is 6.02. The number of hydrogen-bond donors (Lipinski definition) is 3. The van der Waals surface area contributed by atoms with Gasteiger partial charge >= 0.3 is 12.1 Å². The third-order valence-electron chi connectivity index (χ3n) is 6.02. The molecule has 2 atom stereocenters. The van der Waals surface area contributed by atoms with Crippen molar-refractivity contribution in [2.45, 2.75) is 31.3 Å². The van der Waals surface area contributed by atoms with Gasteiger partial charge in [-0.2, -0.15) is 0 Å². The second-order valence-electron chi connectivity index (χ2n) is 8.12. The Morgan fingerprint density at radius 3 is 1.97 bits per heavy atom. The molecule has 3 aromatic carbocycles. The standard InChI is InChI=1S/C27H26N2O5/c1-2-23(26(31)32)28-25(30)24(17-10-4-3-5-11-17)29-27(33)34-16-22-20-14-8-6-12-18(20)19-13-7-9-15-21(19)22/h3-15,22-24H,2,16H2,1H3,(H,28,30)(H,29,33)(H,31,32)/t23-,24+/m0/s1. The maximum Gasteiger partial charge on any atom is 0.408 e. The molecular formula is C27H26N2O5. The van der Waals surface area contributed by atoms with Crippen LogP contribution in [0.3, 0.4) is 0 Å². The van der Waals surface area contributed by atoms with E-state index in [-0.39, 0.29) is 18.9 Å². The maximum absolute atomic E-state index is 12.9. The Bertz CT molecular complexity index is 1150. The molecule has 1 aliphatic carbocycles. The van der Waals surface area contributed by atoms with Crippen molar-refractivity contribution in [3.63, 3.8) is 0 Å². The second kappa shape index (κ2) is 10.2. The highest BCUT2D eigenvalue weighted by Crippen LogP contribution is 2.44. The number of benzene rings is 3. The van der Waals surface area contributed by atoms with E-state index in [1.54, 1.807) is 37.3 Å². The van der Waals surface area contributed by atoms with E-state index in [4.69, 9.17) is 4.74 Å². The Balaban J connectivity index is 1.48. The van der Waals surface area contributed by atoms with Crippen LogP contribution in [-0.2, 0) is 14.3 Å². The van der Waals surface area contributed by atoms with Gasteiger partial charge in [0.25, 0.3) is 0 Å². The summed E-state index contributed by atoms with van der Waals surface area (Å²) in [6, 6.07) is 22.5.